The van der Waals surface area contributed by atoms with Crippen LogP contribution in [0.15, 0.2) is 24.3 Å². The number of hydrogen-bond donors (Lipinski definition) is 1. The average Bonchev–Trinajstić information content (AvgIpc) is 3.04. The monoisotopic (exact) mass is 307 g/mol. The summed E-state index contributed by atoms with van der Waals surface area (Å²) in [6.07, 6.45) is 0.0717. The molecule has 1 heterocycles. The Bertz CT molecular complexity index is 508. The van der Waals surface area contributed by atoms with Crippen LogP contribution in [0.4, 0.5) is 5.69 Å². The number of nitrogens with one attached hydrogen (secondary N) is 1. The predicted molar refractivity (Wildman–Crippen MR) is 80.8 cm³/mol. The fourth-order valence-electron chi connectivity index (χ4n) is 2.11. The maximum Gasteiger partial charge on any atom is 0.336 e. The lowest BCUT2D eigenvalue weighted by Crippen LogP contribution is -2.33. The molecule has 1 aliphatic heterocycles. The molecule has 1 aromatic carbocycles. The van der Waals surface area contributed by atoms with Gasteiger partial charge in [-0.25, -0.2) is 4.79 Å². The molecule has 0 unspecified atom stereocenters. The van der Waals surface area contributed by atoms with E-state index in [0.717, 1.165) is 12.2 Å². The summed E-state index contributed by atoms with van der Waals surface area (Å²) in [7, 11) is 0. The molecule has 0 radical (unpaired) electrons. The van der Waals surface area contributed by atoms with Crippen LogP contribution in [0, 0.1) is 0 Å². The van der Waals surface area contributed by atoms with Crippen molar-refractivity contribution in [2.24, 2.45) is 0 Å². The van der Waals surface area contributed by atoms with Crippen molar-refractivity contribution in [1.29, 1.82) is 0 Å². The second-order valence-electron chi connectivity index (χ2n) is 5.03. The van der Waals surface area contributed by atoms with Crippen molar-refractivity contribution in [2.75, 3.05) is 18.5 Å². The summed E-state index contributed by atoms with van der Waals surface area (Å²) in [4.78, 5) is 23.8. The summed E-state index contributed by atoms with van der Waals surface area (Å²) < 4.78 is 15.7. The largest absolute Gasteiger partial charge is 0.494 e. The highest BCUT2D eigenvalue weighted by atomic mass is 16.6. The molecule has 0 spiro atoms. The Morgan fingerprint density at radius 2 is 2.09 bits per heavy atom. The van der Waals surface area contributed by atoms with Gasteiger partial charge in [0.15, 0.2) is 12.2 Å². The molecule has 2 rings (SSSR count). The lowest BCUT2D eigenvalue weighted by atomic mass is 10.2. The first-order valence-electron chi connectivity index (χ1n) is 7.46. The zero-order valence-corrected chi connectivity index (χ0v) is 12.8. The maximum absolute atomic E-state index is 12.0. The van der Waals surface area contributed by atoms with E-state index in [1.54, 1.807) is 24.3 Å². The fourth-order valence-corrected chi connectivity index (χ4v) is 2.11. The molecule has 1 aliphatic rings. The third kappa shape index (κ3) is 4.46. The minimum Gasteiger partial charge on any atom is -0.494 e. The molecule has 22 heavy (non-hydrogen) atoms. The molecule has 1 aromatic rings. The molecule has 1 saturated heterocycles. The van der Waals surface area contributed by atoms with Crippen LogP contribution in [-0.2, 0) is 19.1 Å². The molecule has 6 nitrogen and oxygen atoms in total. The van der Waals surface area contributed by atoms with Gasteiger partial charge in [0.05, 0.1) is 6.61 Å². The smallest absolute Gasteiger partial charge is 0.336 e. The van der Waals surface area contributed by atoms with Crippen molar-refractivity contribution in [3.8, 4) is 5.75 Å². The standard InChI is InChI=1S/C16H21NO5/c1-3-20-13-8-6-12(7-9-13)17-15(18)11(2)22-16(19)14-5-4-10-21-14/h6-9,11,14H,3-5,10H2,1-2H3,(H,17,18)/t11-,14-/m1/s1. The number of rotatable bonds is 6. The normalized spacial score (nSPS) is 18.5. The summed E-state index contributed by atoms with van der Waals surface area (Å²) in [6.45, 7) is 4.59. The van der Waals surface area contributed by atoms with Crippen LogP contribution in [0.2, 0.25) is 0 Å². The van der Waals surface area contributed by atoms with Crippen molar-refractivity contribution in [3.63, 3.8) is 0 Å². The van der Waals surface area contributed by atoms with E-state index in [2.05, 4.69) is 5.32 Å². The van der Waals surface area contributed by atoms with Crippen LogP contribution >= 0.6 is 0 Å². The van der Waals surface area contributed by atoms with Crippen molar-refractivity contribution in [3.05, 3.63) is 24.3 Å². The second kappa shape index (κ2) is 7.79. The number of esters is 1. The lowest BCUT2D eigenvalue weighted by molar-refractivity contribution is -0.162. The van der Waals surface area contributed by atoms with E-state index in [9.17, 15) is 9.59 Å². The summed E-state index contributed by atoms with van der Waals surface area (Å²) in [6, 6.07) is 7.00. The first kappa shape index (κ1) is 16.3. The van der Waals surface area contributed by atoms with Crippen molar-refractivity contribution < 1.29 is 23.8 Å². The third-order valence-corrected chi connectivity index (χ3v) is 3.29. The van der Waals surface area contributed by atoms with Gasteiger partial charge >= 0.3 is 5.97 Å². The van der Waals surface area contributed by atoms with Crippen LogP contribution in [0.25, 0.3) is 0 Å². The summed E-state index contributed by atoms with van der Waals surface area (Å²) in [5.74, 6) is -0.124. The van der Waals surface area contributed by atoms with Gasteiger partial charge in [-0.15, -0.1) is 0 Å². The van der Waals surface area contributed by atoms with E-state index in [0.29, 0.717) is 25.3 Å². The molecule has 0 bridgehead atoms. The Morgan fingerprint density at radius 3 is 2.68 bits per heavy atom. The van der Waals surface area contributed by atoms with Crippen LogP contribution in [0.5, 0.6) is 5.75 Å². The minimum absolute atomic E-state index is 0.379. The number of carbonyl (C=O) groups is 2. The van der Waals surface area contributed by atoms with Gasteiger partial charge in [0.2, 0.25) is 0 Å². The highest BCUT2D eigenvalue weighted by molar-refractivity contribution is 5.95. The van der Waals surface area contributed by atoms with Gasteiger partial charge in [-0.3, -0.25) is 4.79 Å². The van der Waals surface area contributed by atoms with Crippen LogP contribution in [0.1, 0.15) is 26.7 Å². The Labute approximate surface area is 129 Å². The van der Waals surface area contributed by atoms with E-state index in [1.807, 2.05) is 6.92 Å². The molecular weight excluding hydrogens is 286 g/mol. The highest BCUT2D eigenvalue weighted by Gasteiger charge is 2.28. The summed E-state index contributed by atoms with van der Waals surface area (Å²) in [5, 5.41) is 2.69. The molecule has 0 aromatic heterocycles. The lowest BCUT2D eigenvalue weighted by Gasteiger charge is -2.16. The fraction of sp³-hybridized carbons (Fsp3) is 0.500. The first-order chi connectivity index (χ1) is 10.6. The predicted octanol–water partition coefficient (Wildman–Crippen LogP) is 2.13. The van der Waals surface area contributed by atoms with Crippen molar-refractivity contribution in [1.82, 2.24) is 0 Å². The van der Waals surface area contributed by atoms with Gasteiger partial charge < -0.3 is 19.5 Å². The molecule has 0 saturated carbocycles. The molecular formula is C16H21NO5. The van der Waals surface area contributed by atoms with E-state index in [-0.39, 0.29) is 5.91 Å². The summed E-state index contributed by atoms with van der Waals surface area (Å²) >= 11 is 0. The van der Waals surface area contributed by atoms with Crippen molar-refractivity contribution in [2.45, 2.75) is 38.9 Å². The van der Waals surface area contributed by atoms with Gasteiger partial charge in [-0.1, -0.05) is 0 Å². The van der Waals surface area contributed by atoms with Gasteiger partial charge in [0.1, 0.15) is 5.75 Å². The SMILES string of the molecule is CCOc1ccc(NC(=O)[C@@H](C)OC(=O)[C@H]2CCCO2)cc1. The zero-order valence-electron chi connectivity index (χ0n) is 12.8. The first-order valence-corrected chi connectivity index (χ1v) is 7.46. The van der Waals surface area contributed by atoms with Gasteiger partial charge in [-0.2, -0.15) is 0 Å². The zero-order chi connectivity index (χ0) is 15.9. The average molecular weight is 307 g/mol. The van der Waals surface area contributed by atoms with Gasteiger partial charge in [0.25, 0.3) is 5.91 Å². The topological polar surface area (TPSA) is 73.9 Å². The van der Waals surface area contributed by atoms with E-state index >= 15 is 0 Å². The third-order valence-electron chi connectivity index (χ3n) is 3.29. The van der Waals surface area contributed by atoms with Crippen LogP contribution < -0.4 is 10.1 Å². The molecule has 2 atom stereocenters. The molecule has 0 aliphatic carbocycles. The number of carbonyl (C=O) groups excluding carboxylic acids is 2. The second-order valence-corrected chi connectivity index (χ2v) is 5.03. The number of amides is 1. The molecule has 1 N–H and O–H groups in total. The Balaban J connectivity index is 1.83. The Hall–Kier alpha value is -2.08. The van der Waals surface area contributed by atoms with E-state index < -0.39 is 18.2 Å². The Kier molecular flexibility index (Phi) is 5.77. The van der Waals surface area contributed by atoms with E-state index in [4.69, 9.17) is 14.2 Å². The van der Waals surface area contributed by atoms with E-state index in [1.165, 1.54) is 6.92 Å². The number of hydrogen-bond acceptors (Lipinski definition) is 5. The molecule has 120 valence electrons. The minimum atomic E-state index is -0.872. The van der Waals surface area contributed by atoms with Crippen LogP contribution in [-0.4, -0.2) is 37.3 Å². The summed E-state index contributed by atoms with van der Waals surface area (Å²) in [5.41, 5.74) is 0.619. The van der Waals surface area contributed by atoms with Gasteiger partial charge in [0, 0.05) is 12.3 Å². The Morgan fingerprint density at radius 1 is 1.36 bits per heavy atom. The number of anilines is 1. The van der Waals surface area contributed by atoms with Crippen LogP contribution in [0.3, 0.4) is 0 Å². The maximum atomic E-state index is 12.0. The number of ether oxygens (including phenoxy) is 3. The quantitative estimate of drug-likeness (QED) is 0.815. The molecule has 1 amide bonds. The van der Waals surface area contributed by atoms with Crippen molar-refractivity contribution >= 4 is 17.6 Å². The number of benzene rings is 1. The van der Waals surface area contributed by atoms with Gasteiger partial charge in [-0.05, 0) is 51.0 Å². The molecule has 6 heteroatoms. The highest BCUT2D eigenvalue weighted by Crippen LogP contribution is 2.17. The molecule has 1 fully saturated rings.